The van der Waals surface area contributed by atoms with Crippen molar-refractivity contribution in [3.05, 3.63) is 82.4 Å². The molecule has 3 aromatic carbocycles. The first kappa shape index (κ1) is 28.6. The fraction of sp³-hybridized carbons (Fsp3) is 0.412. The van der Waals surface area contributed by atoms with Crippen LogP contribution < -0.4 is 14.4 Å². The first-order valence-corrected chi connectivity index (χ1v) is 15.9. The number of hydrogen-bond donors (Lipinski definition) is 0. The Kier molecular flexibility index (Phi) is 6.92. The van der Waals surface area contributed by atoms with Crippen molar-refractivity contribution in [3.8, 4) is 11.5 Å². The van der Waals surface area contributed by atoms with Gasteiger partial charge in [-0.05, 0) is 67.8 Å². The monoisotopic (exact) mass is 632 g/mol. The van der Waals surface area contributed by atoms with Gasteiger partial charge in [0.1, 0.15) is 11.6 Å². The van der Waals surface area contributed by atoms with E-state index in [0.29, 0.717) is 52.8 Å². The number of hydrogen-bond acceptors (Lipinski definition) is 8. The van der Waals surface area contributed by atoms with Crippen LogP contribution in [-0.4, -0.2) is 65.4 Å². The van der Waals surface area contributed by atoms with E-state index < -0.39 is 11.6 Å². The number of aromatic nitrogens is 2. The fourth-order valence-electron chi connectivity index (χ4n) is 7.18. The topological polar surface area (TPSA) is 78.3 Å². The third-order valence-electron chi connectivity index (χ3n) is 9.76. The molecule has 1 saturated carbocycles. The van der Waals surface area contributed by atoms with Crippen LogP contribution in [0.4, 0.5) is 10.1 Å². The Morgan fingerprint density at radius 3 is 2.67 bits per heavy atom. The van der Waals surface area contributed by atoms with Gasteiger partial charge < -0.3 is 28.4 Å². The Morgan fingerprint density at radius 2 is 1.93 bits per heavy atom. The van der Waals surface area contributed by atoms with Crippen LogP contribution >= 0.6 is 11.6 Å². The zero-order chi connectivity index (χ0) is 30.9. The van der Waals surface area contributed by atoms with E-state index in [1.807, 2.05) is 24.3 Å². The molecular formula is C34H34ClFN4O5. The molecule has 0 spiro atoms. The molecule has 45 heavy (non-hydrogen) atoms. The number of para-hydroxylation sites is 1. The van der Waals surface area contributed by atoms with Crippen LogP contribution in [0.15, 0.2) is 54.6 Å². The zero-order valence-electron chi connectivity index (χ0n) is 25.2. The molecule has 1 aliphatic carbocycles. The highest BCUT2D eigenvalue weighted by Gasteiger charge is 2.47. The van der Waals surface area contributed by atoms with E-state index in [-0.39, 0.29) is 12.1 Å². The van der Waals surface area contributed by atoms with Gasteiger partial charge in [-0.3, -0.25) is 4.90 Å². The lowest BCUT2D eigenvalue weighted by Crippen LogP contribution is -2.64. The van der Waals surface area contributed by atoms with Gasteiger partial charge in [0, 0.05) is 43.7 Å². The number of fused-ring (bicyclic) bond motifs is 3. The van der Waals surface area contributed by atoms with E-state index in [4.69, 9.17) is 35.5 Å². The van der Waals surface area contributed by atoms with Crippen LogP contribution in [0, 0.1) is 5.82 Å². The summed E-state index contributed by atoms with van der Waals surface area (Å²) < 4.78 is 40.6. The molecule has 3 aliphatic heterocycles. The van der Waals surface area contributed by atoms with E-state index in [0.717, 1.165) is 61.5 Å². The number of ether oxygens (including phenoxy) is 4. The van der Waals surface area contributed by atoms with Crippen LogP contribution in [0.25, 0.3) is 11.0 Å². The van der Waals surface area contributed by atoms with Crippen molar-refractivity contribution in [1.82, 2.24) is 14.5 Å². The Hall–Kier alpha value is -3.86. The van der Waals surface area contributed by atoms with Gasteiger partial charge in [0.2, 0.25) is 0 Å². The largest absolute Gasteiger partial charge is 0.465 e. The molecule has 11 heteroatoms. The Balaban J connectivity index is 1.05. The molecule has 0 amide bonds. The highest BCUT2D eigenvalue weighted by molar-refractivity contribution is 6.30. The van der Waals surface area contributed by atoms with Crippen LogP contribution in [0.1, 0.15) is 47.9 Å². The lowest BCUT2D eigenvalue weighted by atomic mass is 9.81. The summed E-state index contributed by atoms with van der Waals surface area (Å²) in [6.45, 7) is 5.55. The first-order valence-electron chi connectivity index (χ1n) is 15.5. The maximum absolute atomic E-state index is 14.9. The summed E-state index contributed by atoms with van der Waals surface area (Å²) in [7, 11) is 1.40. The van der Waals surface area contributed by atoms with Crippen molar-refractivity contribution in [2.45, 2.75) is 63.3 Å². The lowest BCUT2D eigenvalue weighted by molar-refractivity contribution is -0.0706. The third kappa shape index (κ3) is 4.81. The molecule has 2 saturated heterocycles. The maximum atomic E-state index is 14.9. The van der Waals surface area contributed by atoms with Crippen LogP contribution in [0.3, 0.4) is 0 Å². The van der Waals surface area contributed by atoms with Gasteiger partial charge in [0.05, 0.1) is 54.2 Å². The van der Waals surface area contributed by atoms with Gasteiger partial charge in [-0.1, -0.05) is 17.7 Å². The second-order valence-corrected chi connectivity index (χ2v) is 12.8. The number of piperazine rings is 1. The number of rotatable bonds is 7. The summed E-state index contributed by atoms with van der Waals surface area (Å²) in [5.41, 5.74) is 3.55. The van der Waals surface area contributed by atoms with Crippen LogP contribution in [0.2, 0.25) is 5.02 Å². The molecule has 0 unspecified atom stereocenters. The van der Waals surface area contributed by atoms with Crippen LogP contribution in [0.5, 0.6) is 11.5 Å². The second kappa shape index (κ2) is 10.9. The number of benzene rings is 3. The Morgan fingerprint density at radius 1 is 1.09 bits per heavy atom. The van der Waals surface area contributed by atoms with E-state index >= 15 is 0 Å². The Labute approximate surface area is 265 Å². The standard InChI is InChI=1S/C34H34ClFN4O5/c1-34(23-8-7-21(35)17-24(23)36)44-30-5-3-4-28(32(30)45-34)39-14-13-38(26-10-11-27(26)39)19-31-37-25-9-6-20(33(41)42-2)16-29(25)40(31)18-22-12-15-43-22/h3-9,16-17,22,26-27H,10-15,18-19H2,1-2H3/t22-,26-,27+,34-/m0/s1. The van der Waals surface area contributed by atoms with Crippen molar-refractivity contribution in [2.75, 3.05) is 31.7 Å². The molecule has 4 atom stereocenters. The van der Waals surface area contributed by atoms with Crippen molar-refractivity contribution in [1.29, 1.82) is 0 Å². The highest BCUT2D eigenvalue weighted by atomic mass is 35.5. The summed E-state index contributed by atoms with van der Waals surface area (Å²) >= 11 is 6.01. The summed E-state index contributed by atoms with van der Waals surface area (Å²) in [6, 6.07) is 16.6. The molecule has 0 N–H and O–H groups in total. The minimum Gasteiger partial charge on any atom is -0.465 e. The minimum absolute atomic E-state index is 0.144. The van der Waals surface area contributed by atoms with Crippen molar-refractivity contribution < 1.29 is 28.1 Å². The van der Waals surface area contributed by atoms with Gasteiger partial charge in [0.15, 0.2) is 11.5 Å². The molecule has 4 heterocycles. The average molecular weight is 633 g/mol. The molecule has 0 radical (unpaired) electrons. The molecule has 4 aromatic rings. The number of anilines is 1. The van der Waals surface area contributed by atoms with Gasteiger partial charge in [-0.25, -0.2) is 14.2 Å². The highest BCUT2D eigenvalue weighted by Crippen LogP contribution is 2.51. The van der Waals surface area contributed by atoms with Crippen LogP contribution in [-0.2, 0) is 28.4 Å². The molecule has 0 bridgehead atoms. The number of esters is 1. The number of carbonyl (C=O) groups is 1. The molecule has 3 fully saturated rings. The van der Waals surface area contributed by atoms with Crippen molar-refractivity contribution >= 4 is 34.3 Å². The summed E-state index contributed by atoms with van der Waals surface area (Å²) in [5, 5.41) is 0.322. The SMILES string of the molecule is COC(=O)c1ccc2nc(CN3CCN(c4cccc5c4O[C@@](C)(c4ccc(Cl)cc4F)O5)[C@@H]4CC[C@@H]43)n(C[C@@H]3CCO3)c2c1. The van der Waals surface area contributed by atoms with E-state index in [1.54, 1.807) is 25.1 Å². The molecular weight excluding hydrogens is 599 g/mol. The minimum atomic E-state index is -1.30. The number of nitrogens with zero attached hydrogens (tertiary/aromatic N) is 4. The zero-order valence-corrected chi connectivity index (χ0v) is 25.9. The average Bonchev–Trinajstić information content (AvgIpc) is 3.51. The van der Waals surface area contributed by atoms with Gasteiger partial charge >= 0.3 is 5.97 Å². The molecule has 234 valence electrons. The van der Waals surface area contributed by atoms with Crippen molar-refractivity contribution in [3.63, 3.8) is 0 Å². The number of methoxy groups -OCH3 is 1. The number of halogens is 2. The number of carbonyl (C=O) groups excluding carboxylic acids is 1. The van der Waals surface area contributed by atoms with E-state index in [1.165, 1.54) is 13.2 Å². The first-order chi connectivity index (χ1) is 21.8. The van der Waals surface area contributed by atoms with Crippen molar-refractivity contribution in [2.24, 2.45) is 0 Å². The lowest BCUT2D eigenvalue weighted by Gasteiger charge is -2.54. The smallest absolute Gasteiger partial charge is 0.337 e. The van der Waals surface area contributed by atoms with Gasteiger partial charge in [-0.2, -0.15) is 0 Å². The predicted octanol–water partition coefficient (Wildman–Crippen LogP) is 5.90. The summed E-state index contributed by atoms with van der Waals surface area (Å²) in [4.78, 5) is 22.3. The third-order valence-corrected chi connectivity index (χ3v) is 10.00. The molecule has 4 aliphatic rings. The maximum Gasteiger partial charge on any atom is 0.337 e. The molecule has 8 rings (SSSR count). The number of imidazole rings is 1. The quantitative estimate of drug-likeness (QED) is 0.233. The predicted molar refractivity (Wildman–Crippen MR) is 166 cm³/mol. The normalized spacial score (nSPS) is 25.5. The Bertz CT molecular complexity index is 1810. The fourth-order valence-corrected chi connectivity index (χ4v) is 7.34. The summed E-state index contributed by atoms with van der Waals surface area (Å²) in [5.74, 6) is 0.0754. The molecule has 1 aromatic heterocycles. The van der Waals surface area contributed by atoms with Gasteiger partial charge in [0.25, 0.3) is 5.79 Å². The summed E-state index contributed by atoms with van der Waals surface area (Å²) in [6.07, 6.45) is 3.30. The molecule has 9 nitrogen and oxygen atoms in total. The van der Waals surface area contributed by atoms with E-state index in [9.17, 15) is 9.18 Å². The van der Waals surface area contributed by atoms with Gasteiger partial charge in [-0.15, -0.1) is 0 Å². The second-order valence-electron chi connectivity index (χ2n) is 12.4. The van der Waals surface area contributed by atoms with E-state index in [2.05, 4.69) is 20.4 Å².